The molecule has 0 aliphatic rings. The molecular formula is C16H31NO2. The zero-order valence-electron chi connectivity index (χ0n) is 12.5. The normalized spacial score (nSPS) is 12.3. The summed E-state index contributed by atoms with van der Waals surface area (Å²) < 4.78 is 0. The molecule has 1 atom stereocenters. The molecule has 112 valence electrons. The highest BCUT2D eigenvalue weighted by molar-refractivity contribution is 5.96. The van der Waals surface area contributed by atoms with Crippen LogP contribution in [0.1, 0.15) is 84.0 Å². The van der Waals surface area contributed by atoms with Gasteiger partial charge in [0.25, 0.3) is 0 Å². The average Bonchev–Trinajstić information content (AvgIpc) is 2.43. The molecule has 0 aromatic carbocycles. The Labute approximate surface area is 118 Å². The van der Waals surface area contributed by atoms with Crippen LogP contribution in [0.4, 0.5) is 0 Å². The zero-order chi connectivity index (χ0) is 14.3. The molecule has 0 fully saturated rings. The predicted molar refractivity (Wildman–Crippen MR) is 80.1 cm³/mol. The maximum atomic E-state index is 11.3. The van der Waals surface area contributed by atoms with Gasteiger partial charge in [-0.25, -0.2) is 0 Å². The minimum Gasteiger partial charge on any atom is -0.316 e. The smallest absolute Gasteiger partial charge is 0.156 e. The van der Waals surface area contributed by atoms with Crippen LogP contribution >= 0.6 is 0 Å². The van der Waals surface area contributed by atoms with Crippen molar-refractivity contribution in [2.45, 2.75) is 90.0 Å². The largest absolute Gasteiger partial charge is 0.316 e. The highest BCUT2D eigenvalue weighted by Gasteiger charge is 2.10. The standard InChI is InChI=1S/C16H31NO2/c1-2-3-4-5-6-7-8-9-10-11-12-13-16(19)15(17)14-18/h14-15H,2-13,17H2,1H3/t15-/m1/s1. The Morgan fingerprint density at radius 2 is 1.32 bits per heavy atom. The first-order chi connectivity index (χ1) is 9.22. The Balaban J connectivity index is 3.15. The molecule has 0 aliphatic heterocycles. The molecule has 0 unspecified atom stereocenters. The third kappa shape index (κ3) is 12.1. The lowest BCUT2D eigenvalue weighted by Crippen LogP contribution is -2.31. The number of unbranched alkanes of at least 4 members (excludes halogenated alkanes) is 10. The van der Waals surface area contributed by atoms with E-state index >= 15 is 0 Å². The molecule has 0 amide bonds. The average molecular weight is 269 g/mol. The van der Waals surface area contributed by atoms with Gasteiger partial charge in [0.05, 0.1) is 0 Å². The summed E-state index contributed by atoms with van der Waals surface area (Å²) in [6.07, 6.45) is 14.9. The van der Waals surface area contributed by atoms with E-state index in [1.807, 2.05) is 0 Å². The first-order valence-electron chi connectivity index (χ1n) is 7.96. The van der Waals surface area contributed by atoms with Crippen LogP contribution in [0.25, 0.3) is 0 Å². The number of carbonyl (C=O) groups excluding carboxylic acids is 2. The van der Waals surface area contributed by atoms with Gasteiger partial charge in [-0.1, -0.05) is 71.1 Å². The van der Waals surface area contributed by atoms with Gasteiger partial charge in [0.2, 0.25) is 0 Å². The minimum atomic E-state index is -0.900. The number of rotatable bonds is 14. The van der Waals surface area contributed by atoms with Gasteiger partial charge in [-0.05, 0) is 6.42 Å². The number of nitrogens with two attached hydrogens (primary N) is 1. The molecule has 3 heteroatoms. The summed E-state index contributed by atoms with van der Waals surface area (Å²) in [5, 5.41) is 0. The second kappa shape index (κ2) is 13.7. The van der Waals surface area contributed by atoms with Crippen molar-refractivity contribution in [2.24, 2.45) is 5.73 Å². The van der Waals surface area contributed by atoms with Crippen LogP contribution in [-0.2, 0) is 9.59 Å². The van der Waals surface area contributed by atoms with Gasteiger partial charge in [-0.2, -0.15) is 0 Å². The summed E-state index contributed by atoms with van der Waals surface area (Å²) in [5.74, 6) is -0.120. The first-order valence-corrected chi connectivity index (χ1v) is 7.96. The summed E-state index contributed by atoms with van der Waals surface area (Å²) in [7, 11) is 0. The Morgan fingerprint density at radius 3 is 1.74 bits per heavy atom. The molecule has 0 saturated heterocycles. The molecule has 0 saturated carbocycles. The molecule has 19 heavy (non-hydrogen) atoms. The van der Waals surface area contributed by atoms with Gasteiger partial charge in [0.15, 0.2) is 5.78 Å². The highest BCUT2D eigenvalue weighted by atomic mass is 16.1. The summed E-state index contributed by atoms with van der Waals surface area (Å²) in [5.41, 5.74) is 5.33. The van der Waals surface area contributed by atoms with Crippen molar-refractivity contribution in [3.8, 4) is 0 Å². The van der Waals surface area contributed by atoms with E-state index in [1.165, 1.54) is 57.8 Å². The van der Waals surface area contributed by atoms with Gasteiger partial charge in [0, 0.05) is 6.42 Å². The molecule has 0 aromatic heterocycles. The predicted octanol–water partition coefficient (Wildman–Crippen LogP) is 3.78. The summed E-state index contributed by atoms with van der Waals surface area (Å²) >= 11 is 0. The van der Waals surface area contributed by atoms with Crippen molar-refractivity contribution in [2.75, 3.05) is 0 Å². The van der Waals surface area contributed by atoms with Crippen LogP contribution in [0, 0.1) is 0 Å². The topological polar surface area (TPSA) is 60.2 Å². The second-order valence-electron chi connectivity index (χ2n) is 5.41. The van der Waals surface area contributed by atoms with Gasteiger partial charge in [-0.3, -0.25) is 4.79 Å². The molecule has 0 rings (SSSR count). The summed E-state index contributed by atoms with van der Waals surface area (Å²) in [6, 6.07) is -0.900. The number of ketones is 1. The van der Waals surface area contributed by atoms with Crippen molar-refractivity contribution < 1.29 is 9.59 Å². The Kier molecular flexibility index (Phi) is 13.2. The number of Topliss-reactive ketones (excluding diaryl/α,β-unsaturated/α-hetero) is 1. The van der Waals surface area contributed by atoms with Crippen molar-refractivity contribution >= 4 is 12.1 Å². The third-order valence-electron chi connectivity index (χ3n) is 3.55. The monoisotopic (exact) mass is 269 g/mol. The van der Waals surface area contributed by atoms with Crippen LogP contribution in [-0.4, -0.2) is 18.1 Å². The number of aldehydes is 1. The second-order valence-corrected chi connectivity index (χ2v) is 5.41. The molecule has 0 spiro atoms. The summed E-state index contributed by atoms with van der Waals surface area (Å²) in [6.45, 7) is 2.24. The van der Waals surface area contributed by atoms with Gasteiger partial charge >= 0.3 is 0 Å². The van der Waals surface area contributed by atoms with Gasteiger partial charge < -0.3 is 10.5 Å². The van der Waals surface area contributed by atoms with Gasteiger partial charge in [0.1, 0.15) is 12.3 Å². The third-order valence-corrected chi connectivity index (χ3v) is 3.55. The zero-order valence-corrected chi connectivity index (χ0v) is 12.5. The SMILES string of the molecule is CCCCCCCCCCCCCC(=O)[C@H](N)C=O. The quantitative estimate of drug-likeness (QED) is 0.296. The van der Waals surface area contributed by atoms with E-state index < -0.39 is 6.04 Å². The molecule has 0 aromatic rings. The molecule has 3 nitrogen and oxygen atoms in total. The maximum Gasteiger partial charge on any atom is 0.156 e. The number of carbonyl (C=O) groups is 2. The maximum absolute atomic E-state index is 11.3. The van der Waals surface area contributed by atoms with Crippen LogP contribution in [0.5, 0.6) is 0 Å². The lowest BCUT2D eigenvalue weighted by Gasteiger charge is -2.04. The molecule has 0 aliphatic carbocycles. The van der Waals surface area contributed by atoms with E-state index in [1.54, 1.807) is 0 Å². The Bertz CT molecular complexity index is 229. The van der Waals surface area contributed by atoms with Gasteiger partial charge in [-0.15, -0.1) is 0 Å². The Morgan fingerprint density at radius 1 is 0.895 bits per heavy atom. The van der Waals surface area contributed by atoms with Crippen LogP contribution in [0.2, 0.25) is 0 Å². The van der Waals surface area contributed by atoms with E-state index in [9.17, 15) is 9.59 Å². The molecule has 2 N–H and O–H groups in total. The number of hydrogen-bond donors (Lipinski definition) is 1. The van der Waals surface area contributed by atoms with E-state index in [2.05, 4.69) is 6.92 Å². The van der Waals surface area contributed by atoms with Crippen LogP contribution in [0.3, 0.4) is 0 Å². The summed E-state index contributed by atoms with van der Waals surface area (Å²) in [4.78, 5) is 21.6. The highest BCUT2D eigenvalue weighted by Crippen LogP contribution is 2.12. The molecule has 0 heterocycles. The fourth-order valence-corrected chi connectivity index (χ4v) is 2.21. The Hall–Kier alpha value is -0.700. The van der Waals surface area contributed by atoms with Crippen molar-refractivity contribution in [3.05, 3.63) is 0 Å². The van der Waals surface area contributed by atoms with Crippen molar-refractivity contribution in [1.29, 1.82) is 0 Å². The van der Waals surface area contributed by atoms with E-state index in [0.29, 0.717) is 12.7 Å². The lowest BCUT2D eigenvalue weighted by molar-refractivity contribution is -0.124. The van der Waals surface area contributed by atoms with Crippen molar-refractivity contribution in [3.63, 3.8) is 0 Å². The number of hydrogen-bond acceptors (Lipinski definition) is 3. The van der Waals surface area contributed by atoms with Crippen molar-refractivity contribution in [1.82, 2.24) is 0 Å². The fraction of sp³-hybridized carbons (Fsp3) is 0.875. The van der Waals surface area contributed by atoms with E-state index in [0.717, 1.165) is 12.8 Å². The fourth-order valence-electron chi connectivity index (χ4n) is 2.21. The molecular weight excluding hydrogens is 238 g/mol. The van der Waals surface area contributed by atoms with Crippen LogP contribution < -0.4 is 5.73 Å². The lowest BCUT2D eigenvalue weighted by atomic mass is 10.0. The first kappa shape index (κ1) is 18.3. The van der Waals surface area contributed by atoms with E-state index in [4.69, 9.17) is 5.73 Å². The van der Waals surface area contributed by atoms with Crippen LogP contribution in [0.15, 0.2) is 0 Å². The van der Waals surface area contributed by atoms with E-state index in [-0.39, 0.29) is 5.78 Å². The molecule has 0 bridgehead atoms. The minimum absolute atomic E-state index is 0.120. The molecule has 0 radical (unpaired) electrons.